The lowest BCUT2D eigenvalue weighted by atomic mass is 9.86. The van der Waals surface area contributed by atoms with Gasteiger partial charge in [0.15, 0.2) is 11.6 Å². The van der Waals surface area contributed by atoms with E-state index >= 15 is 0 Å². The fourth-order valence-corrected chi connectivity index (χ4v) is 3.52. The molecule has 6 nitrogen and oxygen atoms in total. The normalized spacial score (nSPS) is 22.8. The van der Waals surface area contributed by atoms with E-state index in [1.165, 1.54) is 17.9 Å². The highest BCUT2D eigenvalue weighted by atomic mass is 19.2. The SMILES string of the molecule is CC(=O)NCC(=O)N1CCC2(CC(=O)N(c3ccc(F)c(F)c3)C2)C1. The van der Waals surface area contributed by atoms with Crippen LogP contribution in [0.1, 0.15) is 19.8 Å². The van der Waals surface area contributed by atoms with Gasteiger partial charge in [0.1, 0.15) is 0 Å². The average Bonchev–Trinajstić information content (AvgIpc) is 3.11. The summed E-state index contributed by atoms with van der Waals surface area (Å²) in [6.45, 7) is 2.57. The third-order valence-corrected chi connectivity index (χ3v) is 4.82. The quantitative estimate of drug-likeness (QED) is 0.885. The number of hydrogen-bond acceptors (Lipinski definition) is 3. The van der Waals surface area contributed by atoms with E-state index in [0.717, 1.165) is 12.1 Å². The molecular formula is C17H19F2N3O3. The molecule has 0 aromatic heterocycles. The average molecular weight is 351 g/mol. The Morgan fingerprint density at radius 1 is 1.24 bits per heavy atom. The van der Waals surface area contributed by atoms with Crippen LogP contribution in [0.25, 0.3) is 0 Å². The molecule has 3 rings (SSSR count). The zero-order valence-corrected chi connectivity index (χ0v) is 13.8. The highest BCUT2D eigenvalue weighted by molar-refractivity contribution is 5.96. The van der Waals surface area contributed by atoms with Crippen LogP contribution in [0.4, 0.5) is 14.5 Å². The molecule has 134 valence electrons. The monoisotopic (exact) mass is 351 g/mol. The lowest BCUT2D eigenvalue weighted by Crippen LogP contribution is -2.40. The Labute approximate surface area is 143 Å². The first-order valence-corrected chi connectivity index (χ1v) is 8.07. The number of benzene rings is 1. The highest BCUT2D eigenvalue weighted by Crippen LogP contribution is 2.41. The van der Waals surface area contributed by atoms with Crippen molar-refractivity contribution in [3.05, 3.63) is 29.8 Å². The van der Waals surface area contributed by atoms with Gasteiger partial charge in [0.25, 0.3) is 0 Å². The number of carbonyl (C=O) groups is 3. The third kappa shape index (κ3) is 3.47. The number of nitrogens with zero attached hydrogens (tertiary/aromatic N) is 2. The van der Waals surface area contributed by atoms with Crippen molar-refractivity contribution in [2.75, 3.05) is 31.1 Å². The fraction of sp³-hybridized carbons (Fsp3) is 0.471. The Kier molecular flexibility index (Phi) is 4.45. The largest absolute Gasteiger partial charge is 0.347 e. The lowest BCUT2D eigenvalue weighted by Gasteiger charge is -2.24. The summed E-state index contributed by atoms with van der Waals surface area (Å²) in [6, 6.07) is 3.39. The van der Waals surface area contributed by atoms with Crippen molar-refractivity contribution in [1.82, 2.24) is 10.2 Å². The maximum atomic E-state index is 13.4. The van der Waals surface area contributed by atoms with Gasteiger partial charge in [-0.15, -0.1) is 0 Å². The summed E-state index contributed by atoms with van der Waals surface area (Å²) in [5.41, 5.74) is -0.0582. The minimum atomic E-state index is -0.996. The minimum absolute atomic E-state index is 0.0632. The minimum Gasteiger partial charge on any atom is -0.347 e. The number of anilines is 1. The second-order valence-corrected chi connectivity index (χ2v) is 6.73. The maximum absolute atomic E-state index is 13.4. The highest BCUT2D eigenvalue weighted by Gasteiger charge is 2.48. The molecule has 2 aliphatic heterocycles. The molecule has 2 aliphatic rings. The van der Waals surface area contributed by atoms with Crippen molar-refractivity contribution in [3.8, 4) is 0 Å². The molecule has 0 saturated carbocycles. The number of amides is 3. The fourth-order valence-electron chi connectivity index (χ4n) is 3.52. The molecule has 2 saturated heterocycles. The van der Waals surface area contributed by atoms with Crippen LogP contribution in [0.5, 0.6) is 0 Å². The molecule has 2 fully saturated rings. The molecule has 0 radical (unpaired) electrons. The van der Waals surface area contributed by atoms with Gasteiger partial charge < -0.3 is 15.1 Å². The van der Waals surface area contributed by atoms with Crippen LogP contribution in [0, 0.1) is 17.0 Å². The van der Waals surface area contributed by atoms with Crippen LogP contribution in [0.15, 0.2) is 18.2 Å². The number of carbonyl (C=O) groups excluding carboxylic acids is 3. The zero-order valence-electron chi connectivity index (χ0n) is 13.8. The van der Waals surface area contributed by atoms with Gasteiger partial charge in [0, 0.05) is 50.1 Å². The topological polar surface area (TPSA) is 69.7 Å². The lowest BCUT2D eigenvalue weighted by molar-refractivity contribution is -0.132. The molecule has 1 spiro atoms. The summed E-state index contributed by atoms with van der Waals surface area (Å²) in [7, 11) is 0. The van der Waals surface area contributed by atoms with E-state index in [9.17, 15) is 23.2 Å². The second-order valence-electron chi connectivity index (χ2n) is 6.73. The number of halogens is 2. The summed E-state index contributed by atoms with van der Waals surface area (Å²) in [5, 5.41) is 2.47. The molecule has 1 aromatic carbocycles. The summed E-state index contributed by atoms with van der Waals surface area (Å²) < 4.78 is 26.5. The first-order chi connectivity index (χ1) is 11.8. The molecule has 0 bridgehead atoms. The first kappa shape index (κ1) is 17.3. The van der Waals surface area contributed by atoms with Gasteiger partial charge in [0.05, 0.1) is 6.54 Å². The molecule has 25 heavy (non-hydrogen) atoms. The van der Waals surface area contributed by atoms with Crippen LogP contribution in [-0.4, -0.2) is 48.8 Å². The number of rotatable bonds is 3. The molecule has 3 amide bonds. The van der Waals surface area contributed by atoms with E-state index in [2.05, 4.69) is 5.32 Å². The predicted octanol–water partition coefficient (Wildman–Crippen LogP) is 1.06. The zero-order chi connectivity index (χ0) is 18.2. The second kappa shape index (κ2) is 6.42. The number of nitrogens with one attached hydrogen (secondary N) is 1. The van der Waals surface area contributed by atoms with Crippen molar-refractivity contribution in [2.45, 2.75) is 19.8 Å². The summed E-state index contributed by atoms with van der Waals surface area (Å²) >= 11 is 0. The maximum Gasteiger partial charge on any atom is 0.241 e. The van der Waals surface area contributed by atoms with E-state index in [1.54, 1.807) is 4.90 Å². The van der Waals surface area contributed by atoms with Gasteiger partial charge in [-0.05, 0) is 18.6 Å². The van der Waals surface area contributed by atoms with Gasteiger partial charge in [0.2, 0.25) is 17.7 Å². The van der Waals surface area contributed by atoms with E-state index < -0.39 is 11.6 Å². The van der Waals surface area contributed by atoms with Crippen LogP contribution in [0.2, 0.25) is 0 Å². The smallest absolute Gasteiger partial charge is 0.241 e. The first-order valence-electron chi connectivity index (χ1n) is 8.07. The van der Waals surface area contributed by atoms with Crippen molar-refractivity contribution in [3.63, 3.8) is 0 Å². The van der Waals surface area contributed by atoms with E-state index in [4.69, 9.17) is 0 Å². The molecule has 0 aliphatic carbocycles. The third-order valence-electron chi connectivity index (χ3n) is 4.82. The summed E-state index contributed by atoms with van der Waals surface area (Å²) in [5.74, 6) is -2.58. The van der Waals surface area contributed by atoms with Gasteiger partial charge >= 0.3 is 0 Å². The standard InChI is InChI=1S/C17H19F2N3O3/c1-11(23)20-8-16(25)21-5-4-17(9-21)7-15(24)22(10-17)12-2-3-13(18)14(19)6-12/h2-3,6H,4-5,7-10H2,1H3,(H,20,23). The molecule has 1 atom stereocenters. The van der Waals surface area contributed by atoms with Gasteiger partial charge in [-0.2, -0.15) is 0 Å². The van der Waals surface area contributed by atoms with Gasteiger partial charge in [-0.1, -0.05) is 0 Å². The summed E-state index contributed by atoms with van der Waals surface area (Å²) in [6.07, 6.45) is 0.917. The van der Waals surface area contributed by atoms with Gasteiger partial charge in [-0.25, -0.2) is 8.78 Å². The molecular weight excluding hydrogens is 332 g/mol. The Bertz CT molecular complexity index is 740. The van der Waals surface area contributed by atoms with Crippen molar-refractivity contribution >= 4 is 23.4 Å². The van der Waals surface area contributed by atoms with Crippen molar-refractivity contribution in [1.29, 1.82) is 0 Å². The van der Waals surface area contributed by atoms with E-state index in [0.29, 0.717) is 31.7 Å². The van der Waals surface area contributed by atoms with Crippen molar-refractivity contribution in [2.24, 2.45) is 5.41 Å². The molecule has 1 N–H and O–H groups in total. The molecule has 2 heterocycles. The Hall–Kier alpha value is -2.51. The molecule has 8 heteroatoms. The van der Waals surface area contributed by atoms with Crippen LogP contribution < -0.4 is 10.2 Å². The van der Waals surface area contributed by atoms with Crippen LogP contribution >= 0.6 is 0 Å². The molecule has 1 aromatic rings. The number of likely N-dealkylation sites (tertiary alicyclic amines) is 1. The van der Waals surface area contributed by atoms with Crippen LogP contribution in [0.3, 0.4) is 0 Å². The van der Waals surface area contributed by atoms with Gasteiger partial charge in [-0.3, -0.25) is 14.4 Å². The van der Waals surface area contributed by atoms with Crippen LogP contribution in [-0.2, 0) is 14.4 Å². The Balaban J connectivity index is 1.68. The molecule has 1 unspecified atom stereocenters. The van der Waals surface area contributed by atoms with E-state index in [-0.39, 0.29) is 36.1 Å². The number of hydrogen-bond donors (Lipinski definition) is 1. The Morgan fingerprint density at radius 2 is 2.00 bits per heavy atom. The van der Waals surface area contributed by atoms with Crippen molar-refractivity contribution < 1.29 is 23.2 Å². The summed E-state index contributed by atoms with van der Waals surface area (Å²) in [4.78, 5) is 38.5. The van der Waals surface area contributed by atoms with E-state index in [1.807, 2.05) is 0 Å². The Morgan fingerprint density at radius 3 is 2.68 bits per heavy atom. The predicted molar refractivity (Wildman–Crippen MR) is 85.6 cm³/mol.